The quantitative estimate of drug-likeness (QED) is 0.757. The Labute approximate surface area is 139 Å². The molecule has 0 radical (unpaired) electrons. The molecule has 4 heteroatoms. The number of rotatable bonds is 2. The number of benzene rings is 2. The zero-order valence-electron chi connectivity index (χ0n) is 13.4. The van der Waals surface area contributed by atoms with Gasteiger partial charge in [0.2, 0.25) is 0 Å². The summed E-state index contributed by atoms with van der Waals surface area (Å²) < 4.78 is 1.72. The lowest BCUT2D eigenvalue weighted by molar-refractivity contribution is 0.0686. The van der Waals surface area contributed by atoms with Crippen LogP contribution in [0.4, 0.5) is 0 Å². The number of fused-ring (bicyclic) bond motifs is 2. The lowest BCUT2D eigenvalue weighted by Gasteiger charge is -2.09. The largest absolute Gasteiger partial charge is 0.477 e. The van der Waals surface area contributed by atoms with Crippen LogP contribution in [0.1, 0.15) is 38.8 Å². The molecule has 24 heavy (non-hydrogen) atoms. The monoisotopic (exact) mass is 319 g/mol. The first-order valence-electron chi connectivity index (χ1n) is 7.81. The highest BCUT2D eigenvalue weighted by atomic mass is 16.4. The van der Waals surface area contributed by atoms with Crippen molar-refractivity contribution in [1.82, 2.24) is 4.57 Å². The molecule has 1 aromatic heterocycles. The Bertz CT molecular complexity index is 1030. The highest BCUT2D eigenvalue weighted by molar-refractivity contribution is 6.05. The van der Waals surface area contributed by atoms with Gasteiger partial charge in [0, 0.05) is 18.0 Å². The fourth-order valence-electron chi connectivity index (χ4n) is 3.80. The molecule has 3 aromatic rings. The number of aliphatic hydroxyl groups is 1. The van der Waals surface area contributed by atoms with Crippen molar-refractivity contribution in [3.8, 4) is 0 Å². The molecule has 0 spiro atoms. The van der Waals surface area contributed by atoms with E-state index >= 15 is 0 Å². The van der Waals surface area contributed by atoms with E-state index in [1.54, 1.807) is 11.6 Å². The van der Waals surface area contributed by atoms with Crippen molar-refractivity contribution in [3.63, 3.8) is 0 Å². The van der Waals surface area contributed by atoms with Gasteiger partial charge in [0.25, 0.3) is 0 Å². The Hall–Kier alpha value is -2.85. The smallest absolute Gasteiger partial charge is 0.352 e. The Morgan fingerprint density at radius 2 is 1.79 bits per heavy atom. The summed E-state index contributed by atoms with van der Waals surface area (Å²) in [5.41, 5.74) is 5.71. The Morgan fingerprint density at radius 1 is 1.08 bits per heavy atom. The van der Waals surface area contributed by atoms with Gasteiger partial charge in [0.1, 0.15) is 5.69 Å². The zero-order valence-corrected chi connectivity index (χ0v) is 13.4. The molecule has 0 fully saturated rings. The minimum absolute atomic E-state index is 0.296. The third kappa shape index (κ3) is 1.87. The van der Waals surface area contributed by atoms with Gasteiger partial charge < -0.3 is 14.8 Å². The van der Waals surface area contributed by atoms with Crippen LogP contribution >= 0.6 is 0 Å². The van der Waals surface area contributed by atoms with E-state index in [0.717, 1.165) is 38.7 Å². The molecule has 0 aliphatic heterocycles. The summed E-state index contributed by atoms with van der Waals surface area (Å²) in [5.74, 6) is -0.932. The maximum Gasteiger partial charge on any atom is 0.352 e. The predicted molar refractivity (Wildman–Crippen MR) is 93.1 cm³/mol. The van der Waals surface area contributed by atoms with Gasteiger partial charge in [0.15, 0.2) is 0 Å². The molecule has 1 aliphatic carbocycles. The zero-order chi connectivity index (χ0) is 17.0. The number of aryl methyl sites for hydroxylation is 2. The minimum Gasteiger partial charge on any atom is -0.477 e. The van der Waals surface area contributed by atoms with Gasteiger partial charge in [-0.1, -0.05) is 36.4 Å². The first-order chi connectivity index (χ1) is 11.5. The molecular weight excluding hydrogens is 302 g/mol. The Kier molecular flexibility index (Phi) is 3.11. The van der Waals surface area contributed by atoms with Gasteiger partial charge in [-0.25, -0.2) is 4.79 Å². The Morgan fingerprint density at radius 3 is 2.54 bits per heavy atom. The van der Waals surface area contributed by atoms with Crippen molar-refractivity contribution in [2.24, 2.45) is 7.05 Å². The Balaban J connectivity index is 2.05. The standard InChI is InChI=1S/C20H17NO3/c1-11-18-14(8-5-9-16(18)21(2)19(11)20(23)24)15-10-17(22)13-7-4-3-6-12(13)15/h3-10,17,22H,1-2H3,(H,23,24). The molecule has 4 nitrogen and oxygen atoms in total. The van der Waals surface area contributed by atoms with E-state index in [9.17, 15) is 15.0 Å². The van der Waals surface area contributed by atoms with E-state index in [1.165, 1.54) is 0 Å². The molecule has 1 heterocycles. The van der Waals surface area contributed by atoms with E-state index < -0.39 is 12.1 Å². The van der Waals surface area contributed by atoms with Crippen LogP contribution in [0.2, 0.25) is 0 Å². The number of hydrogen-bond donors (Lipinski definition) is 2. The van der Waals surface area contributed by atoms with Crippen LogP contribution in [0.3, 0.4) is 0 Å². The van der Waals surface area contributed by atoms with Gasteiger partial charge >= 0.3 is 5.97 Å². The van der Waals surface area contributed by atoms with Crippen LogP contribution in [0, 0.1) is 6.92 Å². The summed E-state index contributed by atoms with van der Waals surface area (Å²) in [6.07, 6.45) is 1.21. The molecular formula is C20H17NO3. The van der Waals surface area contributed by atoms with Crippen LogP contribution in [0.15, 0.2) is 48.5 Å². The highest BCUT2D eigenvalue weighted by Gasteiger charge is 2.26. The van der Waals surface area contributed by atoms with Crippen LogP contribution in [-0.4, -0.2) is 20.7 Å². The van der Waals surface area contributed by atoms with Crippen molar-refractivity contribution < 1.29 is 15.0 Å². The van der Waals surface area contributed by atoms with E-state index in [2.05, 4.69) is 0 Å². The van der Waals surface area contributed by atoms with Crippen molar-refractivity contribution in [2.45, 2.75) is 13.0 Å². The summed E-state index contributed by atoms with van der Waals surface area (Å²) in [6, 6.07) is 13.6. The van der Waals surface area contributed by atoms with Gasteiger partial charge in [-0.2, -0.15) is 0 Å². The van der Waals surface area contributed by atoms with Crippen LogP contribution in [0.25, 0.3) is 16.5 Å². The summed E-state index contributed by atoms with van der Waals surface area (Å²) in [5, 5.41) is 20.8. The topological polar surface area (TPSA) is 62.5 Å². The molecule has 1 atom stereocenters. The molecule has 120 valence electrons. The summed E-state index contributed by atoms with van der Waals surface area (Å²) in [6.45, 7) is 1.84. The van der Waals surface area contributed by atoms with Crippen molar-refractivity contribution in [2.75, 3.05) is 0 Å². The maximum absolute atomic E-state index is 11.6. The molecule has 0 amide bonds. The lowest BCUT2D eigenvalue weighted by Crippen LogP contribution is -2.05. The number of aromatic carboxylic acids is 1. The number of carbonyl (C=O) groups is 1. The summed E-state index contributed by atoms with van der Waals surface area (Å²) in [7, 11) is 1.77. The molecule has 0 bridgehead atoms. The molecule has 4 rings (SSSR count). The van der Waals surface area contributed by atoms with Gasteiger partial charge in [-0.05, 0) is 46.9 Å². The third-order valence-electron chi connectivity index (χ3n) is 4.86. The van der Waals surface area contributed by atoms with Crippen molar-refractivity contribution in [3.05, 3.63) is 76.5 Å². The number of aliphatic hydroxyl groups excluding tert-OH is 1. The fourth-order valence-corrected chi connectivity index (χ4v) is 3.80. The average molecular weight is 319 g/mol. The summed E-state index contributed by atoms with van der Waals surface area (Å²) >= 11 is 0. The molecule has 0 saturated heterocycles. The van der Waals surface area contributed by atoms with Gasteiger partial charge in [0.05, 0.1) is 6.10 Å². The second-order valence-electron chi connectivity index (χ2n) is 6.15. The predicted octanol–water partition coefficient (Wildman–Crippen LogP) is 3.66. The molecule has 0 saturated carbocycles. The van der Waals surface area contributed by atoms with Crippen LogP contribution in [-0.2, 0) is 7.05 Å². The molecule has 1 aliphatic rings. The fraction of sp³-hybridized carbons (Fsp3) is 0.150. The second-order valence-corrected chi connectivity index (χ2v) is 6.15. The number of aromatic nitrogens is 1. The van der Waals surface area contributed by atoms with Crippen LogP contribution in [0.5, 0.6) is 0 Å². The number of hydrogen-bond acceptors (Lipinski definition) is 2. The molecule has 2 aromatic carbocycles. The molecule has 1 unspecified atom stereocenters. The normalized spacial score (nSPS) is 16.3. The highest BCUT2D eigenvalue weighted by Crippen LogP contribution is 2.41. The second kappa shape index (κ2) is 5.08. The van der Waals surface area contributed by atoms with E-state index in [-0.39, 0.29) is 0 Å². The first kappa shape index (κ1) is 14.7. The summed E-state index contributed by atoms with van der Waals surface area (Å²) in [4.78, 5) is 11.6. The minimum atomic E-state index is -0.932. The van der Waals surface area contributed by atoms with Crippen molar-refractivity contribution >= 4 is 22.4 Å². The van der Waals surface area contributed by atoms with Gasteiger partial charge in [-0.3, -0.25) is 0 Å². The lowest BCUT2D eigenvalue weighted by atomic mass is 9.95. The number of carboxylic acids is 1. The first-order valence-corrected chi connectivity index (χ1v) is 7.81. The van der Waals surface area contributed by atoms with E-state index in [0.29, 0.717) is 5.69 Å². The third-order valence-corrected chi connectivity index (χ3v) is 4.86. The maximum atomic E-state index is 11.6. The number of carboxylic acid groups (broad SMARTS) is 1. The van der Waals surface area contributed by atoms with Crippen LogP contribution < -0.4 is 0 Å². The van der Waals surface area contributed by atoms with Gasteiger partial charge in [-0.15, -0.1) is 0 Å². The molecule has 2 N–H and O–H groups in total. The SMILES string of the molecule is Cc1c(C(=O)O)n(C)c2cccc(C3=CC(O)c4ccccc43)c12. The average Bonchev–Trinajstić information content (AvgIpc) is 3.03. The van der Waals surface area contributed by atoms with E-state index in [1.807, 2.05) is 55.5 Å². The van der Waals surface area contributed by atoms with E-state index in [4.69, 9.17) is 0 Å². The number of nitrogens with zero attached hydrogens (tertiary/aromatic N) is 1. The van der Waals surface area contributed by atoms with Crippen molar-refractivity contribution in [1.29, 1.82) is 0 Å².